The van der Waals surface area contributed by atoms with Gasteiger partial charge in [0.2, 0.25) is 0 Å². The van der Waals surface area contributed by atoms with Crippen LogP contribution in [0.5, 0.6) is 17.2 Å². The number of fused-ring (bicyclic) bond motifs is 1. The minimum Gasteiger partial charge on any atom is -0.508 e. The molecule has 5 N–H and O–H groups in total. The second-order valence-electron chi connectivity index (χ2n) is 5.34. The second-order valence-corrected chi connectivity index (χ2v) is 5.34. The molecule has 6 nitrogen and oxygen atoms in total. The van der Waals surface area contributed by atoms with Crippen LogP contribution in [0.15, 0.2) is 35.8 Å². The third-order valence-electron chi connectivity index (χ3n) is 3.87. The Hall–Kier alpha value is -2.34. The van der Waals surface area contributed by atoms with Gasteiger partial charge in [-0.25, -0.2) is 0 Å². The largest absolute Gasteiger partial charge is 0.508 e. The molecule has 3 atom stereocenters. The summed E-state index contributed by atoms with van der Waals surface area (Å²) in [6.45, 7) is 0. The molecule has 1 aliphatic heterocycles. The topological polar surface area (TPSA) is 110 Å². The number of phenols is 2. The summed E-state index contributed by atoms with van der Waals surface area (Å²) in [6.07, 6.45) is 2.01. The zero-order valence-electron chi connectivity index (χ0n) is 11.1. The minimum absolute atomic E-state index is 0.123. The molecule has 1 aromatic carbocycles. The van der Waals surface area contributed by atoms with Gasteiger partial charge in [-0.05, 0) is 18.6 Å². The van der Waals surface area contributed by atoms with Crippen LogP contribution in [-0.2, 0) is 6.42 Å². The molecule has 0 radical (unpaired) electrons. The Morgan fingerprint density at radius 2 is 1.81 bits per heavy atom. The van der Waals surface area contributed by atoms with Gasteiger partial charge in [-0.1, -0.05) is 0 Å². The lowest BCUT2D eigenvalue weighted by atomic mass is 9.86. The number of aromatic hydroxyl groups is 2. The predicted octanol–water partition coefficient (Wildman–Crippen LogP) is 1.67. The van der Waals surface area contributed by atoms with Crippen molar-refractivity contribution < 1.29 is 30.3 Å². The first-order chi connectivity index (χ1) is 9.95. The van der Waals surface area contributed by atoms with Gasteiger partial charge in [0.15, 0.2) is 11.5 Å². The average molecular weight is 292 g/mol. The van der Waals surface area contributed by atoms with Gasteiger partial charge in [0, 0.05) is 30.0 Å². The van der Waals surface area contributed by atoms with Crippen LogP contribution in [0.25, 0.3) is 0 Å². The molecular formula is C15H16O6. The molecule has 3 rings (SSSR count). The van der Waals surface area contributed by atoms with Gasteiger partial charge < -0.3 is 30.3 Å². The number of ether oxygens (including phenoxy) is 1. The first kappa shape index (κ1) is 13.6. The number of aliphatic hydroxyl groups is 3. The van der Waals surface area contributed by atoms with E-state index < -0.39 is 12.2 Å². The van der Waals surface area contributed by atoms with Crippen molar-refractivity contribution in [2.24, 2.45) is 5.92 Å². The van der Waals surface area contributed by atoms with Crippen molar-refractivity contribution in [1.82, 2.24) is 0 Å². The zero-order valence-corrected chi connectivity index (χ0v) is 11.1. The van der Waals surface area contributed by atoms with Crippen LogP contribution in [0.4, 0.5) is 0 Å². The Balaban J connectivity index is 1.89. The Morgan fingerprint density at radius 1 is 1.05 bits per heavy atom. The molecule has 0 aromatic heterocycles. The van der Waals surface area contributed by atoms with E-state index in [1.165, 1.54) is 24.3 Å². The SMILES string of the molecule is OC1=CC[C@@H](C2Oc3cc(O)cc(O)c3C[C@H]2O)C=C1O. The van der Waals surface area contributed by atoms with Crippen LogP contribution in [0.3, 0.4) is 0 Å². The molecule has 2 aliphatic rings. The monoisotopic (exact) mass is 292 g/mol. The number of benzene rings is 1. The van der Waals surface area contributed by atoms with Crippen LogP contribution in [0.2, 0.25) is 0 Å². The van der Waals surface area contributed by atoms with E-state index in [4.69, 9.17) is 4.74 Å². The van der Waals surface area contributed by atoms with Gasteiger partial charge in [0.25, 0.3) is 0 Å². The Kier molecular flexibility index (Phi) is 3.17. The molecule has 112 valence electrons. The number of hydrogen-bond donors (Lipinski definition) is 5. The molecule has 1 aliphatic carbocycles. The third-order valence-corrected chi connectivity index (χ3v) is 3.87. The maximum atomic E-state index is 10.2. The van der Waals surface area contributed by atoms with E-state index in [1.54, 1.807) is 0 Å². The van der Waals surface area contributed by atoms with Gasteiger partial charge in [-0.3, -0.25) is 0 Å². The summed E-state index contributed by atoms with van der Waals surface area (Å²) < 4.78 is 5.69. The molecule has 0 amide bonds. The number of rotatable bonds is 1. The Morgan fingerprint density at radius 3 is 2.52 bits per heavy atom. The first-order valence-corrected chi connectivity index (χ1v) is 6.65. The molecule has 6 heteroatoms. The molecule has 0 saturated heterocycles. The standard InChI is InChI=1S/C15H16O6/c16-8-4-11(18)9-6-13(20)15(21-14(9)5-8)7-1-2-10(17)12(19)3-7/h2-5,7,13,15-20H,1,6H2/t7-,13-,15?/m1/s1. The van der Waals surface area contributed by atoms with Gasteiger partial charge in [0.1, 0.15) is 23.4 Å². The molecule has 1 heterocycles. The first-order valence-electron chi connectivity index (χ1n) is 6.65. The second kappa shape index (κ2) is 4.89. The maximum absolute atomic E-state index is 10.2. The maximum Gasteiger partial charge on any atom is 0.153 e. The van der Waals surface area contributed by atoms with Crippen molar-refractivity contribution in [2.45, 2.75) is 25.0 Å². The van der Waals surface area contributed by atoms with E-state index in [0.717, 1.165) is 0 Å². The molecule has 21 heavy (non-hydrogen) atoms. The van der Waals surface area contributed by atoms with Crippen molar-refractivity contribution in [1.29, 1.82) is 0 Å². The molecule has 0 bridgehead atoms. The number of hydrogen-bond acceptors (Lipinski definition) is 6. The fourth-order valence-corrected chi connectivity index (χ4v) is 2.79. The van der Waals surface area contributed by atoms with Crippen molar-refractivity contribution in [3.8, 4) is 17.2 Å². The Labute approximate surface area is 120 Å². The van der Waals surface area contributed by atoms with E-state index >= 15 is 0 Å². The van der Waals surface area contributed by atoms with Gasteiger partial charge in [-0.15, -0.1) is 0 Å². The van der Waals surface area contributed by atoms with Crippen LogP contribution in [0.1, 0.15) is 12.0 Å². The van der Waals surface area contributed by atoms with Crippen LogP contribution in [-0.4, -0.2) is 37.7 Å². The van der Waals surface area contributed by atoms with Gasteiger partial charge >= 0.3 is 0 Å². The highest BCUT2D eigenvalue weighted by molar-refractivity contribution is 5.51. The number of aliphatic hydroxyl groups excluding tert-OH is 3. The predicted molar refractivity (Wildman–Crippen MR) is 73.4 cm³/mol. The zero-order chi connectivity index (χ0) is 15.1. The van der Waals surface area contributed by atoms with Crippen molar-refractivity contribution >= 4 is 0 Å². The summed E-state index contributed by atoms with van der Waals surface area (Å²) in [5.41, 5.74) is 0.443. The summed E-state index contributed by atoms with van der Waals surface area (Å²) in [4.78, 5) is 0. The quantitative estimate of drug-likeness (QED) is 0.538. The molecule has 1 aromatic rings. The third kappa shape index (κ3) is 2.38. The number of phenolic OH excluding ortho intramolecular Hbond substituents is 2. The van der Waals surface area contributed by atoms with Gasteiger partial charge in [0.05, 0.1) is 6.10 Å². The number of allylic oxidation sites excluding steroid dienone is 1. The average Bonchev–Trinajstić information content (AvgIpc) is 2.42. The van der Waals surface area contributed by atoms with Crippen LogP contribution in [0, 0.1) is 5.92 Å². The van der Waals surface area contributed by atoms with Crippen LogP contribution < -0.4 is 4.74 Å². The molecular weight excluding hydrogens is 276 g/mol. The smallest absolute Gasteiger partial charge is 0.153 e. The summed E-state index contributed by atoms with van der Waals surface area (Å²) >= 11 is 0. The molecule has 0 fully saturated rings. The van der Waals surface area contributed by atoms with E-state index in [1.807, 2.05) is 0 Å². The van der Waals surface area contributed by atoms with Crippen molar-refractivity contribution in [3.05, 3.63) is 41.4 Å². The normalized spacial score (nSPS) is 28.1. The lowest BCUT2D eigenvalue weighted by Crippen LogP contribution is -2.42. The lowest BCUT2D eigenvalue weighted by Gasteiger charge is -2.35. The van der Waals surface area contributed by atoms with E-state index in [-0.39, 0.29) is 35.4 Å². The molecule has 0 saturated carbocycles. The highest BCUT2D eigenvalue weighted by atomic mass is 16.5. The van der Waals surface area contributed by atoms with Gasteiger partial charge in [-0.2, -0.15) is 0 Å². The van der Waals surface area contributed by atoms with Crippen molar-refractivity contribution in [3.63, 3.8) is 0 Å². The summed E-state index contributed by atoms with van der Waals surface area (Å²) in [7, 11) is 0. The van der Waals surface area contributed by atoms with E-state index in [2.05, 4.69) is 0 Å². The summed E-state index contributed by atoms with van der Waals surface area (Å²) in [5, 5.41) is 48.5. The lowest BCUT2D eigenvalue weighted by molar-refractivity contribution is -0.00315. The summed E-state index contributed by atoms with van der Waals surface area (Å²) in [6, 6.07) is 2.58. The molecule has 1 unspecified atom stereocenters. The fraction of sp³-hybridized carbons (Fsp3) is 0.333. The highest BCUT2D eigenvalue weighted by Gasteiger charge is 2.36. The molecule has 0 spiro atoms. The van der Waals surface area contributed by atoms with E-state index in [0.29, 0.717) is 17.7 Å². The Bertz CT molecular complexity index is 633. The van der Waals surface area contributed by atoms with Crippen molar-refractivity contribution in [2.75, 3.05) is 0 Å². The van der Waals surface area contributed by atoms with Crippen LogP contribution >= 0.6 is 0 Å². The highest BCUT2D eigenvalue weighted by Crippen LogP contribution is 2.40. The fourth-order valence-electron chi connectivity index (χ4n) is 2.79. The minimum atomic E-state index is -0.865. The van der Waals surface area contributed by atoms with E-state index in [9.17, 15) is 25.5 Å². The summed E-state index contributed by atoms with van der Waals surface area (Å²) in [5.74, 6) is -0.676.